The first-order valence-corrected chi connectivity index (χ1v) is 49.1. The summed E-state index contributed by atoms with van der Waals surface area (Å²) in [5.74, 6) is -2.34. The number of hydrogen-bond donors (Lipinski definition) is 6. The van der Waals surface area contributed by atoms with Gasteiger partial charge in [0.1, 0.15) is 50.1 Å². The normalized spacial score (nSPS) is 24.3. The smallest absolute Gasteiger partial charge is 0.415 e. The van der Waals surface area contributed by atoms with Crippen molar-refractivity contribution in [3.05, 3.63) is 212 Å². The summed E-state index contributed by atoms with van der Waals surface area (Å²) in [6.07, 6.45) is 35.7. The number of ether oxygens (including phenoxy) is 10. The first kappa shape index (κ1) is 120. The molecule has 0 radical (unpaired) electrons. The van der Waals surface area contributed by atoms with Crippen LogP contribution in [0.15, 0.2) is 155 Å². The number of methoxy groups -OCH3 is 8. The Morgan fingerprint density at radius 2 is 0.826 bits per heavy atom. The number of carboxylic acid groups (broad SMARTS) is 1. The lowest BCUT2D eigenvalue weighted by molar-refractivity contribution is -0.0378. The zero-order valence-corrected chi connectivity index (χ0v) is 88.9. The van der Waals surface area contributed by atoms with Crippen LogP contribution in [0.1, 0.15) is 322 Å². The lowest BCUT2D eigenvalue weighted by atomic mass is 9.83. The van der Waals surface area contributed by atoms with Gasteiger partial charge in [-0.2, -0.15) is 9.61 Å². The summed E-state index contributed by atoms with van der Waals surface area (Å²) in [7, 11) is 14.4. The molecular formula is C104H152Cl2N14O24. The van der Waals surface area contributed by atoms with Crippen molar-refractivity contribution in [2.75, 3.05) is 85.6 Å². The Morgan fingerprint density at radius 1 is 0.472 bits per heavy atom. The molecule has 40 heteroatoms. The maximum Gasteiger partial charge on any atom is 0.415 e. The van der Waals surface area contributed by atoms with Crippen LogP contribution in [0.4, 0.5) is 32.5 Å². The second-order valence-electron chi connectivity index (χ2n) is 41.0. The lowest BCUT2D eigenvalue weighted by Crippen LogP contribution is -2.40. The quantitative estimate of drug-likeness (QED) is 0.0264. The Balaban J connectivity index is 0.000000226. The third-order valence-electron chi connectivity index (χ3n) is 27.4. The maximum absolute atomic E-state index is 12.7. The molecule has 12 atom stereocenters. The molecule has 0 saturated heterocycles. The number of nitrogens with one attached hydrogen (secondary N) is 2. The predicted molar refractivity (Wildman–Crippen MR) is 554 cm³/mol. The Bertz CT molecular complexity index is 5920. The van der Waals surface area contributed by atoms with E-state index in [0.29, 0.717) is 28.8 Å². The molecule has 3 amide bonds. The molecule has 7 saturated carbocycles. The summed E-state index contributed by atoms with van der Waals surface area (Å²) < 4.78 is 66.9. The van der Waals surface area contributed by atoms with Crippen molar-refractivity contribution in [1.29, 1.82) is 0 Å². The van der Waals surface area contributed by atoms with Crippen LogP contribution in [-0.2, 0) is 47.4 Å². The highest BCUT2D eigenvalue weighted by Crippen LogP contribution is 2.42. The molecule has 0 bridgehead atoms. The summed E-state index contributed by atoms with van der Waals surface area (Å²) in [6, 6.07) is 21.9. The van der Waals surface area contributed by atoms with Crippen LogP contribution in [0.2, 0.25) is 5.15 Å². The van der Waals surface area contributed by atoms with Crippen LogP contribution in [0.3, 0.4) is 0 Å². The number of halogens is 2. The molecule has 38 nitrogen and oxygen atoms in total. The Kier molecular flexibility index (Phi) is 44.1. The predicted octanol–water partition coefficient (Wildman–Crippen LogP) is 16.6. The molecule has 8 aromatic rings. The van der Waals surface area contributed by atoms with Gasteiger partial charge < -0.3 is 102 Å². The monoisotopic (exact) mass is 2050 g/mol. The minimum atomic E-state index is -1.18. The fourth-order valence-electron chi connectivity index (χ4n) is 18.7. The van der Waals surface area contributed by atoms with Crippen LogP contribution in [0.5, 0.6) is 0 Å². The van der Waals surface area contributed by atoms with Gasteiger partial charge in [0.25, 0.3) is 33.7 Å². The number of anilines is 4. The number of amides is 3. The largest absolute Gasteiger partial charge is 0.477 e. The number of carbonyl (C=O) groups excluding carboxylic acids is 5. The zero-order chi connectivity index (χ0) is 106. The van der Waals surface area contributed by atoms with E-state index in [1.54, 1.807) is 169 Å². The Morgan fingerprint density at radius 3 is 1.19 bits per heavy atom. The third-order valence-corrected chi connectivity index (χ3v) is 27.6. The second-order valence-corrected chi connectivity index (χ2v) is 41.4. The number of fused-ring (bicyclic) bond motifs is 1. The molecule has 0 spiro atoms. The summed E-state index contributed by atoms with van der Waals surface area (Å²) >= 11 is 6.09. The molecule has 5 unspecified atom stereocenters. The van der Waals surface area contributed by atoms with Gasteiger partial charge in [-0.1, -0.05) is 11.6 Å². The van der Waals surface area contributed by atoms with Crippen LogP contribution in [-0.4, -0.2) is 199 Å². The molecule has 7 aliphatic carbocycles. The van der Waals surface area contributed by atoms with E-state index in [0.717, 1.165) is 154 Å². The molecule has 144 heavy (non-hydrogen) atoms. The molecule has 0 aromatic carbocycles. The van der Waals surface area contributed by atoms with E-state index in [-0.39, 0.29) is 144 Å². The molecule has 7 aliphatic rings. The van der Waals surface area contributed by atoms with E-state index in [2.05, 4.69) is 69.2 Å². The van der Waals surface area contributed by atoms with Crippen LogP contribution in [0, 0.1) is 0 Å². The summed E-state index contributed by atoms with van der Waals surface area (Å²) in [5.41, 5.74) is 14.6. The van der Waals surface area contributed by atoms with Crippen molar-refractivity contribution < 1.29 is 85.7 Å². The molecule has 7 fully saturated rings. The van der Waals surface area contributed by atoms with Crippen molar-refractivity contribution in [1.82, 2.24) is 42.8 Å². The first-order chi connectivity index (χ1) is 67.3. The molecule has 15 rings (SSSR count). The van der Waals surface area contributed by atoms with Crippen LogP contribution < -0.4 is 66.2 Å². The highest BCUT2D eigenvalue weighted by molar-refractivity contribution is 6.30. The van der Waals surface area contributed by atoms with Gasteiger partial charge in [-0.25, -0.2) is 33.8 Å². The Labute approximate surface area is 852 Å². The molecule has 0 aliphatic heterocycles. The van der Waals surface area contributed by atoms with E-state index < -0.39 is 52.5 Å². The fourth-order valence-corrected chi connectivity index (χ4v) is 18.9. The number of hydrogen-bond acceptors (Lipinski definition) is 28. The number of carboxylic acids is 1. The molecule has 9 N–H and O–H groups in total. The average Bonchev–Trinajstić information content (AvgIpc) is 1.63. The van der Waals surface area contributed by atoms with Crippen LogP contribution >= 0.6 is 24.0 Å². The number of pyridine rings is 5. The number of aromatic nitrogens is 8. The average molecular weight is 2050 g/mol. The van der Waals surface area contributed by atoms with E-state index in [1.807, 2.05) is 31.5 Å². The lowest BCUT2D eigenvalue weighted by Gasteiger charge is -2.37. The first-order valence-electron chi connectivity index (χ1n) is 48.7. The summed E-state index contributed by atoms with van der Waals surface area (Å²) in [4.78, 5) is 147. The third kappa shape index (κ3) is 34.1. The molecule has 8 heterocycles. The molecular weight excluding hydrogens is 1900 g/mol. The summed E-state index contributed by atoms with van der Waals surface area (Å²) in [5, 5.41) is 18.8. The number of nitrogens with zero attached hydrogens (tertiary/aromatic N) is 9. The standard InChI is InChI=1S/C18H28N2O4.C16H20ClN5O3.C15H21NO4.C14H19NO4.2C13H20N2O2.C8H17NO.C7H6O4.ClH/c1-17(2,3)24-16(22)19-14-9-7-11-20(15(14)21)13-8-6-10-18(4,12-13)23-5;1-16(2,3)25-15(24)21(4)12-7-11(17)20-13-10(8-18-22(12)13)14(23)19-9-5-6-9;1-15(20-3)8-4-6-11(10-15)16-9-5-7-12(13(16)17)14(18)19-2;1-14(19-2)7-3-5-10(9-14)15-8-4-6-11(12(15)16)13(17)18;2*1-13(17-2)7-3-5-10(9-13)15-8-4-6-11(14)12(15)16;1-8(10-2)5-3-4-7(9)6-8;1-10-6(8)5-3-2-4-11-7(5)9;/h7,9,11,13H,6,8,10,12H2,1-5H3,(H,19,22);7-9H,5-6H2,1-4H3,(H,19,23);5,7,9,11H,4,6,8,10H2,1-3H3;4,6,8,10H,3,5,7,9H2,1-2H3,(H,17,18);2*4,6,8,10H,3,5,7,9,14H2,1-2H3;7H,3-6,9H2,1-2H3;2-4H,1H3;1H/t13?,18-;;11?,15-;10?,14-;2*10?,13-;7-,8+;;/m1.11110../s1. The van der Waals surface area contributed by atoms with Crippen molar-refractivity contribution >= 4 is 88.5 Å². The summed E-state index contributed by atoms with van der Waals surface area (Å²) in [6.45, 7) is 23.2. The highest BCUT2D eigenvalue weighted by atomic mass is 35.5. The van der Waals surface area contributed by atoms with E-state index >= 15 is 0 Å². The zero-order valence-electron chi connectivity index (χ0n) is 87.4. The topological polar surface area (TPSA) is 491 Å². The van der Waals surface area contributed by atoms with E-state index in [1.165, 1.54) is 79.3 Å². The number of aromatic carboxylic acids is 1. The highest BCUT2D eigenvalue weighted by Gasteiger charge is 2.40. The van der Waals surface area contributed by atoms with Crippen molar-refractivity contribution in [2.45, 2.75) is 337 Å². The van der Waals surface area contributed by atoms with Crippen molar-refractivity contribution in [3.63, 3.8) is 0 Å². The van der Waals surface area contributed by atoms with Crippen molar-refractivity contribution in [2.24, 2.45) is 5.73 Å². The van der Waals surface area contributed by atoms with E-state index in [9.17, 15) is 57.5 Å². The number of carbonyl (C=O) groups is 6. The van der Waals surface area contributed by atoms with Gasteiger partial charge in [0.05, 0.1) is 71.7 Å². The van der Waals surface area contributed by atoms with Gasteiger partial charge in [-0.05, 0) is 323 Å². The number of rotatable bonds is 18. The van der Waals surface area contributed by atoms with Gasteiger partial charge in [0.2, 0.25) is 0 Å². The number of nitrogens with two attached hydrogens (primary N) is 3. The molecule has 8 aromatic heterocycles. The Hall–Kier alpha value is -11.4. The van der Waals surface area contributed by atoms with Gasteiger partial charge in [-0.15, -0.1) is 12.4 Å². The SMILES string of the molecule is CN(C(=O)OC(C)(C)C)c1cc(Cl)nc2c(C(=O)NC3CC3)cnn12.COC(=O)c1cccn(C2CCC[C@@](C)(OC)C2)c1=O.COC(=O)c1cccoc1=O.CO[C@]1(C)CCCC(n2cccc(C(=O)O)c2=O)C1.CO[C@]1(C)CCCC(n2cccc(N)c2=O)C1.CO[C@]1(C)CCCC(n2cccc(N)c2=O)C1.CO[C@]1(C)CCCC(n2cccc(NC(=O)OC(C)(C)C)c2=O)C1.CO[C@]1(C)CCC[C@H](N)C1.Cl. The maximum atomic E-state index is 12.7. The molecule has 796 valence electrons. The minimum absolute atomic E-state index is 0. The van der Waals surface area contributed by atoms with Gasteiger partial charge in [0, 0.05) is 129 Å². The second kappa shape index (κ2) is 53.1. The number of nitrogen functional groups attached to an aromatic ring is 2. The minimum Gasteiger partial charge on any atom is -0.477 e. The van der Waals surface area contributed by atoms with Gasteiger partial charge >= 0.3 is 35.7 Å². The van der Waals surface area contributed by atoms with Crippen molar-refractivity contribution in [3.8, 4) is 0 Å². The number of esters is 2. The van der Waals surface area contributed by atoms with Gasteiger partial charge in [0.15, 0.2) is 5.65 Å². The fraction of sp³-hybridized carbons (Fsp3) is 0.596. The van der Waals surface area contributed by atoms with E-state index in [4.69, 9.17) is 71.8 Å². The van der Waals surface area contributed by atoms with Gasteiger partial charge in [-0.3, -0.25) is 39.0 Å². The van der Waals surface area contributed by atoms with Crippen LogP contribution in [0.25, 0.3) is 5.65 Å².